The van der Waals surface area contributed by atoms with E-state index >= 15 is 0 Å². The fraction of sp³-hybridized carbons (Fsp3) is 0.240. The highest BCUT2D eigenvalue weighted by atomic mass is 32.1. The van der Waals surface area contributed by atoms with Crippen LogP contribution in [-0.2, 0) is 0 Å². The zero-order valence-corrected chi connectivity index (χ0v) is 17.5. The molecule has 2 aliphatic heterocycles. The van der Waals surface area contributed by atoms with E-state index in [1.54, 1.807) is 11.3 Å². The Morgan fingerprint density at radius 3 is 2.79 bits per heavy atom. The van der Waals surface area contributed by atoms with Crippen LogP contribution in [0.4, 0.5) is 5.69 Å². The lowest BCUT2D eigenvalue weighted by molar-refractivity contribution is 0.317. The molecule has 3 heterocycles. The van der Waals surface area contributed by atoms with Gasteiger partial charge in [0.15, 0.2) is 0 Å². The first kappa shape index (κ1) is 18.3. The van der Waals surface area contributed by atoms with Crippen molar-refractivity contribution >= 4 is 28.8 Å². The van der Waals surface area contributed by atoms with E-state index in [0.717, 1.165) is 5.69 Å². The number of aliphatic imine (C=N–C) groups is 1. The Labute approximate surface area is 176 Å². The number of rotatable bonds is 4. The van der Waals surface area contributed by atoms with E-state index in [-0.39, 0.29) is 0 Å². The number of likely N-dealkylation sites (tertiary alicyclic amines) is 1. The van der Waals surface area contributed by atoms with Crippen LogP contribution >= 0.6 is 11.3 Å². The third kappa shape index (κ3) is 3.78. The van der Waals surface area contributed by atoms with Gasteiger partial charge in [0.2, 0.25) is 0 Å². The smallest absolute Gasteiger partial charge is 0.0660 e. The maximum absolute atomic E-state index is 4.54. The minimum atomic E-state index is 0.567. The number of nitrogens with one attached hydrogen (secondary N) is 1. The van der Waals surface area contributed by atoms with Crippen LogP contribution in [0.2, 0.25) is 0 Å². The second-order valence-corrected chi connectivity index (χ2v) is 8.77. The molecule has 4 heteroatoms. The lowest BCUT2D eigenvalue weighted by Gasteiger charge is -2.20. The number of hydrogen-bond acceptors (Lipinski definition) is 4. The maximum atomic E-state index is 4.54. The number of nitrogens with zero attached hydrogens (tertiary/aromatic N) is 2. The summed E-state index contributed by atoms with van der Waals surface area (Å²) < 4.78 is 0. The van der Waals surface area contributed by atoms with Crippen LogP contribution in [0.1, 0.15) is 35.6 Å². The molecule has 1 atom stereocenters. The molecule has 0 radical (unpaired) electrons. The van der Waals surface area contributed by atoms with E-state index in [0.29, 0.717) is 12.6 Å². The summed E-state index contributed by atoms with van der Waals surface area (Å²) in [5.74, 6) is 0. The molecule has 3 nitrogen and oxygen atoms in total. The summed E-state index contributed by atoms with van der Waals surface area (Å²) in [7, 11) is 2.22. The van der Waals surface area contributed by atoms with Crippen molar-refractivity contribution in [1.29, 1.82) is 0 Å². The third-order valence-corrected chi connectivity index (χ3v) is 6.84. The highest BCUT2D eigenvalue weighted by Gasteiger charge is 2.22. The van der Waals surface area contributed by atoms with Crippen molar-refractivity contribution in [2.75, 3.05) is 25.5 Å². The summed E-state index contributed by atoms with van der Waals surface area (Å²) in [6.45, 7) is 1.91. The van der Waals surface area contributed by atoms with Crippen molar-refractivity contribution in [3.63, 3.8) is 0 Å². The first-order valence-corrected chi connectivity index (χ1v) is 11.1. The molecule has 29 heavy (non-hydrogen) atoms. The Balaban J connectivity index is 1.37. The van der Waals surface area contributed by atoms with Gasteiger partial charge >= 0.3 is 0 Å². The fourth-order valence-electron chi connectivity index (χ4n) is 4.30. The van der Waals surface area contributed by atoms with Crippen LogP contribution in [0.5, 0.6) is 0 Å². The average molecular weight is 400 g/mol. The van der Waals surface area contributed by atoms with Crippen molar-refractivity contribution in [3.8, 4) is 10.4 Å². The van der Waals surface area contributed by atoms with Crippen LogP contribution in [0.3, 0.4) is 0 Å². The molecule has 3 aromatic rings. The third-order valence-electron chi connectivity index (χ3n) is 5.93. The SMILES string of the molecule is CN1CCCC1c1ccc(NC=C2CN=Cc3ccc(-c4cccs4)cc32)cc1. The Hall–Kier alpha value is -2.69. The minimum absolute atomic E-state index is 0.567. The summed E-state index contributed by atoms with van der Waals surface area (Å²) in [6.07, 6.45) is 6.65. The van der Waals surface area contributed by atoms with Gasteiger partial charge in [0.1, 0.15) is 0 Å². The standard InChI is InChI=1S/C25H25N3S/c1-28-12-2-4-24(28)18-8-10-22(11-9-18)27-17-21-16-26-15-20-7-6-19(14-23(20)21)25-5-3-13-29-25/h3,5-11,13-15,17,24,27H,2,4,12,16H2,1H3. The molecule has 1 saturated heterocycles. The van der Waals surface area contributed by atoms with Crippen molar-refractivity contribution in [3.05, 3.63) is 82.9 Å². The lowest BCUT2D eigenvalue weighted by Crippen LogP contribution is -2.17. The Kier molecular flexibility index (Phi) is 5.04. The molecule has 1 N–H and O–H groups in total. The molecule has 0 spiro atoms. The molecule has 0 saturated carbocycles. The van der Waals surface area contributed by atoms with E-state index in [2.05, 4.69) is 88.4 Å². The monoisotopic (exact) mass is 399 g/mol. The lowest BCUT2D eigenvalue weighted by atomic mass is 9.95. The Morgan fingerprint density at radius 1 is 1.14 bits per heavy atom. The Morgan fingerprint density at radius 2 is 2.03 bits per heavy atom. The second kappa shape index (κ2) is 7.97. The van der Waals surface area contributed by atoms with Gasteiger partial charge in [-0.2, -0.15) is 0 Å². The zero-order chi connectivity index (χ0) is 19.6. The van der Waals surface area contributed by atoms with Gasteiger partial charge in [-0.25, -0.2) is 0 Å². The number of anilines is 1. The number of thiophene rings is 1. The number of benzene rings is 2. The van der Waals surface area contributed by atoms with Gasteiger partial charge < -0.3 is 5.32 Å². The van der Waals surface area contributed by atoms with E-state index in [1.807, 2.05) is 6.21 Å². The molecule has 0 bridgehead atoms. The number of hydrogen-bond donors (Lipinski definition) is 1. The predicted octanol–water partition coefficient (Wildman–Crippen LogP) is 6.07. The summed E-state index contributed by atoms with van der Waals surface area (Å²) in [5.41, 5.74) is 7.47. The van der Waals surface area contributed by atoms with Crippen molar-refractivity contribution in [1.82, 2.24) is 4.90 Å². The molecule has 1 fully saturated rings. The predicted molar refractivity (Wildman–Crippen MR) is 125 cm³/mol. The van der Waals surface area contributed by atoms with Gasteiger partial charge in [0.05, 0.1) is 6.54 Å². The van der Waals surface area contributed by atoms with Gasteiger partial charge in [0, 0.05) is 29.0 Å². The zero-order valence-electron chi connectivity index (χ0n) is 16.6. The topological polar surface area (TPSA) is 27.6 Å². The minimum Gasteiger partial charge on any atom is -0.361 e. The van der Waals surface area contributed by atoms with E-state index in [1.165, 1.54) is 52.1 Å². The van der Waals surface area contributed by atoms with Gasteiger partial charge in [-0.15, -0.1) is 11.3 Å². The normalized spacial score (nSPS) is 20.2. The van der Waals surface area contributed by atoms with Crippen LogP contribution in [0.15, 0.2) is 71.2 Å². The Bertz CT molecular complexity index is 1050. The molecule has 5 rings (SSSR count). The first-order valence-electron chi connectivity index (χ1n) is 10.2. The van der Waals surface area contributed by atoms with Gasteiger partial charge in [-0.05, 0) is 83.9 Å². The summed E-state index contributed by atoms with van der Waals surface area (Å²) >= 11 is 1.78. The number of fused-ring (bicyclic) bond motifs is 1. The van der Waals surface area contributed by atoms with Gasteiger partial charge in [0.25, 0.3) is 0 Å². The van der Waals surface area contributed by atoms with E-state index < -0.39 is 0 Å². The molecule has 1 unspecified atom stereocenters. The van der Waals surface area contributed by atoms with Crippen molar-refractivity contribution < 1.29 is 0 Å². The molecule has 0 aliphatic carbocycles. The highest BCUT2D eigenvalue weighted by molar-refractivity contribution is 7.13. The highest BCUT2D eigenvalue weighted by Crippen LogP contribution is 2.32. The fourth-order valence-corrected chi connectivity index (χ4v) is 5.02. The van der Waals surface area contributed by atoms with Crippen LogP contribution in [0, 0.1) is 0 Å². The summed E-state index contributed by atoms with van der Waals surface area (Å²) in [4.78, 5) is 8.30. The second-order valence-electron chi connectivity index (χ2n) is 7.82. The van der Waals surface area contributed by atoms with E-state index in [9.17, 15) is 0 Å². The van der Waals surface area contributed by atoms with E-state index in [4.69, 9.17) is 0 Å². The van der Waals surface area contributed by atoms with Gasteiger partial charge in [-0.3, -0.25) is 9.89 Å². The van der Waals surface area contributed by atoms with Crippen molar-refractivity contribution in [2.24, 2.45) is 4.99 Å². The molecule has 0 amide bonds. The van der Waals surface area contributed by atoms with Crippen molar-refractivity contribution in [2.45, 2.75) is 18.9 Å². The summed E-state index contributed by atoms with van der Waals surface area (Å²) in [5, 5.41) is 5.62. The summed E-state index contributed by atoms with van der Waals surface area (Å²) in [6, 6.07) is 20.4. The molecule has 2 aromatic carbocycles. The van der Waals surface area contributed by atoms with Crippen LogP contribution < -0.4 is 5.32 Å². The van der Waals surface area contributed by atoms with Crippen LogP contribution in [0.25, 0.3) is 16.0 Å². The molecular formula is C25H25N3S. The van der Waals surface area contributed by atoms with Gasteiger partial charge in [-0.1, -0.05) is 30.3 Å². The average Bonchev–Trinajstić information content (AvgIpc) is 3.44. The quantitative estimate of drug-likeness (QED) is 0.577. The molecule has 2 aliphatic rings. The molecule has 146 valence electrons. The largest absolute Gasteiger partial charge is 0.361 e. The maximum Gasteiger partial charge on any atom is 0.0660 e. The first-order chi connectivity index (χ1) is 14.3. The molecular weight excluding hydrogens is 374 g/mol. The molecule has 1 aromatic heterocycles. The van der Waals surface area contributed by atoms with Crippen LogP contribution in [-0.4, -0.2) is 31.3 Å².